The summed E-state index contributed by atoms with van der Waals surface area (Å²) >= 11 is 0. The van der Waals surface area contributed by atoms with Crippen LogP contribution >= 0.6 is 0 Å². The smallest absolute Gasteiger partial charge is 0.310 e. The second-order valence-electron chi connectivity index (χ2n) is 8.87. The molecule has 0 spiro atoms. The number of fused-ring (bicyclic) bond motifs is 2. The van der Waals surface area contributed by atoms with E-state index in [1.807, 2.05) is 6.92 Å². The van der Waals surface area contributed by atoms with Crippen molar-refractivity contribution in [3.8, 4) is 28.8 Å². The van der Waals surface area contributed by atoms with E-state index in [-0.39, 0.29) is 70.6 Å². The maximum absolute atomic E-state index is 12.9. The fourth-order valence-electron chi connectivity index (χ4n) is 4.05. The SMILES string of the molecule is CCOCCOc1cc(OCC(O)COc2cccc3oc(-c4nn[nH]n4)cc(=O)c23)c2c(=O)cc(C(=O)NO)oc2c1. The first kappa shape index (κ1) is 29.2. The average Bonchev–Trinajstić information content (AvgIpc) is 3.55. The highest BCUT2D eigenvalue weighted by Gasteiger charge is 2.19. The van der Waals surface area contributed by atoms with Crippen LogP contribution in [0.3, 0.4) is 0 Å². The van der Waals surface area contributed by atoms with Gasteiger partial charge in [0.1, 0.15) is 65.1 Å². The van der Waals surface area contributed by atoms with Crippen molar-refractivity contribution in [2.24, 2.45) is 0 Å². The lowest BCUT2D eigenvalue weighted by Gasteiger charge is -2.16. The van der Waals surface area contributed by atoms with Crippen molar-refractivity contribution in [1.82, 2.24) is 26.1 Å². The fourth-order valence-corrected chi connectivity index (χ4v) is 4.05. The summed E-state index contributed by atoms with van der Waals surface area (Å²) in [5.74, 6) is -0.832. The molecule has 0 aliphatic heterocycles. The number of H-pyrrole nitrogens is 1. The lowest BCUT2D eigenvalue weighted by molar-refractivity contribution is 0.0634. The van der Waals surface area contributed by atoms with Gasteiger partial charge < -0.3 is 32.9 Å². The average molecular weight is 596 g/mol. The Morgan fingerprint density at radius 3 is 2.49 bits per heavy atom. The Labute approximate surface area is 240 Å². The molecule has 1 unspecified atom stereocenters. The van der Waals surface area contributed by atoms with Crippen LogP contribution in [0.5, 0.6) is 17.2 Å². The number of tetrazole rings is 1. The van der Waals surface area contributed by atoms with Gasteiger partial charge in [-0.3, -0.25) is 19.6 Å². The van der Waals surface area contributed by atoms with Gasteiger partial charge in [-0.2, -0.15) is 5.21 Å². The normalized spacial score (nSPS) is 11.9. The van der Waals surface area contributed by atoms with E-state index in [2.05, 4.69) is 20.6 Å². The number of aliphatic hydroxyl groups excluding tert-OH is 1. The quantitative estimate of drug-likeness (QED) is 0.0859. The number of amides is 1. The van der Waals surface area contributed by atoms with E-state index in [0.29, 0.717) is 13.2 Å². The highest BCUT2D eigenvalue weighted by molar-refractivity contribution is 5.93. The van der Waals surface area contributed by atoms with E-state index in [1.54, 1.807) is 18.2 Å². The van der Waals surface area contributed by atoms with Gasteiger partial charge in [0.15, 0.2) is 22.4 Å². The molecule has 16 heteroatoms. The summed E-state index contributed by atoms with van der Waals surface area (Å²) in [5.41, 5.74) is 0.514. The molecule has 43 heavy (non-hydrogen) atoms. The van der Waals surface area contributed by atoms with Gasteiger partial charge in [0.2, 0.25) is 5.82 Å². The van der Waals surface area contributed by atoms with E-state index in [9.17, 15) is 19.5 Å². The van der Waals surface area contributed by atoms with Crippen LogP contribution in [0.15, 0.2) is 60.9 Å². The molecule has 0 bridgehead atoms. The molecule has 0 saturated carbocycles. The van der Waals surface area contributed by atoms with E-state index >= 15 is 0 Å². The monoisotopic (exact) mass is 595 g/mol. The van der Waals surface area contributed by atoms with Crippen molar-refractivity contribution in [2.75, 3.05) is 33.0 Å². The number of nitrogens with one attached hydrogen (secondary N) is 2. The number of hydroxylamine groups is 1. The molecule has 1 amide bonds. The molecule has 3 aromatic heterocycles. The Kier molecular flexibility index (Phi) is 8.90. The Balaban J connectivity index is 1.33. The Morgan fingerprint density at radius 2 is 1.74 bits per heavy atom. The molecule has 5 aromatic rings. The van der Waals surface area contributed by atoms with Crippen molar-refractivity contribution in [3.05, 3.63) is 68.7 Å². The molecular weight excluding hydrogens is 570 g/mol. The second-order valence-corrected chi connectivity index (χ2v) is 8.87. The summed E-state index contributed by atoms with van der Waals surface area (Å²) in [6.45, 7) is 2.17. The molecule has 16 nitrogen and oxygen atoms in total. The molecule has 0 radical (unpaired) electrons. The molecule has 0 fully saturated rings. The fraction of sp³-hybridized carbons (Fsp3) is 0.259. The number of carbonyl (C=O) groups excluding carboxylic acids is 1. The summed E-state index contributed by atoms with van der Waals surface area (Å²) in [6, 6.07) is 9.64. The minimum absolute atomic E-state index is 0.00691. The Hall–Kier alpha value is -5.32. The first-order valence-corrected chi connectivity index (χ1v) is 12.9. The highest BCUT2D eigenvalue weighted by Crippen LogP contribution is 2.30. The zero-order valence-corrected chi connectivity index (χ0v) is 22.6. The van der Waals surface area contributed by atoms with Gasteiger partial charge in [-0.25, -0.2) is 5.48 Å². The third-order valence-corrected chi connectivity index (χ3v) is 5.94. The zero-order valence-electron chi connectivity index (χ0n) is 22.6. The molecule has 4 N–H and O–H groups in total. The van der Waals surface area contributed by atoms with Crippen LogP contribution in [-0.2, 0) is 4.74 Å². The molecular formula is C27H25N5O11. The van der Waals surface area contributed by atoms with E-state index in [4.69, 9.17) is 33.0 Å². The molecule has 224 valence electrons. The molecule has 0 aliphatic rings. The molecule has 2 aromatic carbocycles. The van der Waals surface area contributed by atoms with Crippen molar-refractivity contribution in [3.63, 3.8) is 0 Å². The zero-order chi connectivity index (χ0) is 30.3. The number of benzene rings is 2. The summed E-state index contributed by atoms with van der Waals surface area (Å²) in [6.07, 6.45) is -1.22. The van der Waals surface area contributed by atoms with Crippen molar-refractivity contribution >= 4 is 27.8 Å². The van der Waals surface area contributed by atoms with Crippen LogP contribution in [0.4, 0.5) is 0 Å². The van der Waals surface area contributed by atoms with Crippen LogP contribution in [-0.4, -0.2) is 76.0 Å². The lowest BCUT2D eigenvalue weighted by atomic mass is 10.2. The molecule has 3 heterocycles. The van der Waals surface area contributed by atoms with Gasteiger partial charge in [-0.15, -0.1) is 10.2 Å². The van der Waals surface area contributed by atoms with Gasteiger partial charge in [0, 0.05) is 30.9 Å². The molecule has 0 aliphatic carbocycles. The van der Waals surface area contributed by atoms with Crippen molar-refractivity contribution in [2.45, 2.75) is 13.0 Å². The van der Waals surface area contributed by atoms with E-state index in [1.165, 1.54) is 23.7 Å². The van der Waals surface area contributed by atoms with Gasteiger partial charge in [0.05, 0.1) is 6.61 Å². The van der Waals surface area contributed by atoms with Gasteiger partial charge >= 0.3 is 5.91 Å². The molecule has 5 rings (SSSR count). The standard InChI is InChI=1S/C27H25N5O11/c1-2-38-6-7-39-15-8-20(25-17(35)11-23(27(36)30-37)43-21(25)9-15)41-13-14(33)12-40-18-4-3-5-19-24(18)16(34)10-22(42-19)26-28-31-32-29-26/h3-5,8-11,14,33,37H,2,6-7,12-13H2,1H3,(H,30,36)(H,28,29,31,32). The molecule has 0 saturated heterocycles. The largest absolute Gasteiger partial charge is 0.491 e. The minimum atomic E-state index is -1.22. The first-order valence-electron chi connectivity index (χ1n) is 12.9. The van der Waals surface area contributed by atoms with Gasteiger partial charge in [0.25, 0.3) is 0 Å². The Bertz CT molecular complexity index is 1850. The third-order valence-electron chi connectivity index (χ3n) is 5.94. The summed E-state index contributed by atoms with van der Waals surface area (Å²) in [5, 5.41) is 33.0. The number of hydrogen-bond acceptors (Lipinski definition) is 14. The number of aromatic nitrogens is 4. The minimum Gasteiger partial charge on any atom is -0.491 e. The maximum atomic E-state index is 12.9. The number of nitrogens with zero attached hydrogens (tertiary/aromatic N) is 3. The number of rotatable bonds is 13. The van der Waals surface area contributed by atoms with Crippen LogP contribution in [0.25, 0.3) is 33.5 Å². The summed E-state index contributed by atoms with van der Waals surface area (Å²) < 4.78 is 33.6. The van der Waals surface area contributed by atoms with E-state index in [0.717, 1.165) is 6.07 Å². The lowest BCUT2D eigenvalue weighted by Crippen LogP contribution is -2.26. The van der Waals surface area contributed by atoms with Gasteiger partial charge in [-0.05, 0) is 24.3 Å². The Morgan fingerprint density at radius 1 is 0.977 bits per heavy atom. The highest BCUT2D eigenvalue weighted by atomic mass is 16.5. The van der Waals surface area contributed by atoms with Crippen molar-refractivity contribution in [1.29, 1.82) is 0 Å². The number of carbonyl (C=O) groups is 1. The number of aromatic amines is 1. The topological polar surface area (TPSA) is 221 Å². The first-order chi connectivity index (χ1) is 20.9. The summed E-state index contributed by atoms with van der Waals surface area (Å²) in [4.78, 5) is 37.6. The maximum Gasteiger partial charge on any atom is 0.310 e. The number of hydrogen-bond donors (Lipinski definition) is 4. The van der Waals surface area contributed by atoms with Crippen molar-refractivity contribution < 1.29 is 42.9 Å². The second kappa shape index (κ2) is 13.1. The number of ether oxygens (including phenoxy) is 4. The van der Waals surface area contributed by atoms with Crippen LogP contribution < -0.4 is 30.5 Å². The molecule has 1 atom stereocenters. The third kappa shape index (κ3) is 6.61. The number of aliphatic hydroxyl groups is 1. The van der Waals surface area contributed by atoms with Crippen LogP contribution in [0.1, 0.15) is 17.5 Å². The van der Waals surface area contributed by atoms with Crippen LogP contribution in [0, 0.1) is 0 Å². The van der Waals surface area contributed by atoms with Crippen LogP contribution in [0.2, 0.25) is 0 Å². The summed E-state index contributed by atoms with van der Waals surface area (Å²) in [7, 11) is 0. The van der Waals surface area contributed by atoms with Gasteiger partial charge in [-0.1, -0.05) is 6.07 Å². The predicted molar refractivity (Wildman–Crippen MR) is 146 cm³/mol. The van der Waals surface area contributed by atoms with E-state index < -0.39 is 28.6 Å². The predicted octanol–water partition coefficient (Wildman–Crippen LogP) is 1.43.